The van der Waals surface area contributed by atoms with E-state index >= 15 is 0 Å². The molecule has 1 aromatic heterocycles. The lowest BCUT2D eigenvalue weighted by Gasteiger charge is -2.11. The standard InChI is InChI=1S/C30H22ClN3O4/c1-19-7-10-22(11-8-19)30(36)38-26-16-9-20(17-27(26)37-2)18-32-34-28(21-12-14-23(31)15-13-21)33-25-6-4-3-5-24(25)29(34)35/h3-18H,1-2H3. The molecule has 4 aromatic carbocycles. The van der Waals surface area contributed by atoms with Crippen LogP contribution in [0.1, 0.15) is 21.5 Å². The van der Waals surface area contributed by atoms with Gasteiger partial charge in [-0.15, -0.1) is 0 Å². The van der Waals surface area contributed by atoms with Crippen molar-refractivity contribution < 1.29 is 14.3 Å². The molecule has 7 nitrogen and oxygen atoms in total. The number of hydrogen-bond donors (Lipinski definition) is 0. The Bertz CT molecular complexity index is 1730. The van der Waals surface area contributed by atoms with Crippen molar-refractivity contribution in [3.05, 3.63) is 123 Å². The first-order valence-electron chi connectivity index (χ1n) is 11.7. The van der Waals surface area contributed by atoms with Crippen LogP contribution in [0.3, 0.4) is 0 Å². The van der Waals surface area contributed by atoms with Crippen LogP contribution in [-0.4, -0.2) is 29.0 Å². The van der Waals surface area contributed by atoms with Gasteiger partial charge < -0.3 is 9.47 Å². The maximum Gasteiger partial charge on any atom is 0.343 e. The summed E-state index contributed by atoms with van der Waals surface area (Å²) in [4.78, 5) is 30.6. The van der Waals surface area contributed by atoms with Crippen LogP contribution in [0.2, 0.25) is 5.02 Å². The number of aryl methyl sites for hydroxylation is 1. The fourth-order valence-electron chi connectivity index (χ4n) is 3.84. The highest BCUT2D eigenvalue weighted by Gasteiger charge is 2.14. The van der Waals surface area contributed by atoms with Crippen LogP contribution in [0.5, 0.6) is 11.5 Å². The monoisotopic (exact) mass is 523 g/mol. The Morgan fingerprint density at radius 3 is 2.42 bits per heavy atom. The minimum Gasteiger partial charge on any atom is -0.493 e. The summed E-state index contributed by atoms with van der Waals surface area (Å²) in [5.41, 5.74) is 3.04. The molecule has 0 aliphatic carbocycles. The van der Waals surface area contributed by atoms with Crippen molar-refractivity contribution in [2.24, 2.45) is 5.10 Å². The van der Waals surface area contributed by atoms with Crippen molar-refractivity contribution in [1.82, 2.24) is 9.66 Å². The zero-order valence-corrected chi connectivity index (χ0v) is 21.3. The Kier molecular flexibility index (Phi) is 7.02. The number of halogens is 1. The highest BCUT2D eigenvalue weighted by molar-refractivity contribution is 6.30. The molecule has 0 unspecified atom stereocenters. The molecule has 0 N–H and O–H groups in total. The van der Waals surface area contributed by atoms with Crippen LogP contribution in [0.4, 0.5) is 0 Å². The highest BCUT2D eigenvalue weighted by atomic mass is 35.5. The van der Waals surface area contributed by atoms with Crippen molar-refractivity contribution in [3.8, 4) is 22.9 Å². The lowest BCUT2D eigenvalue weighted by molar-refractivity contribution is 0.0729. The van der Waals surface area contributed by atoms with Crippen LogP contribution in [0.25, 0.3) is 22.3 Å². The second-order valence-corrected chi connectivity index (χ2v) is 8.92. The van der Waals surface area contributed by atoms with Crippen molar-refractivity contribution in [2.45, 2.75) is 6.92 Å². The Morgan fingerprint density at radius 2 is 1.68 bits per heavy atom. The average molecular weight is 524 g/mol. The molecule has 1 heterocycles. The molecule has 0 aliphatic rings. The first-order chi connectivity index (χ1) is 18.4. The quantitative estimate of drug-likeness (QED) is 0.152. The molecule has 188 valence electrons. The van der Waals surface area contributed by atoms with Gasteiger partial charge in [-0.05, 0) is 79.2 Å². The second-order valence-electron chi connectivity index (χ2n) is 8.49. The second kappa shape index (κ2) is 10.7. The van der Waals surface area contributed by atoms with Crippen molar-refractivity contribution in [3.63, 3.8) is 0 Å². The number of para-hydroxylation sites is 1. The lowest BCUT2D eigenvalue weighted by atomic mass is 10.1. The van der Waals surface area contributed by atoms with Gasteiger partial charge >= 0.3 is 5.97 Å². The molecule has 0 radical (unpaired) electrons. The smallest absolute Gasteiger partial charge is 0.343 e. The molecule has 0 amide bonds. The zero-order chi connectivity index (χ0) is 26.6. The van der Waals surface area contributed by atoms with Gasteiger partial charge in [0.05, 0.1) is 29.8 Å². The summed E-state index contributed by atoms with van der Waals surface area (Å²) >= 11 is 6.06. The molecule has 0 saturated carbocycles. The fourth-order valence-corrected chi connectivity index (χ4v) is 3.96. The SMILES string of the molecule is COc1cc(C=Nn2c(-c3ccc(Cl)cc3)nc3ccccc3c2=O)ccc1OC(=O)c1ccc(C)cc1. The number of benzene rings is 4. The molecule has 0 spiro atoms. The molecule has 5 rings (SSSR count). The number of hydrogen-bond acceptors (Lipinski definition) is 6. The van der Waals surface area contributed by atoms with Crippen molar-refractivity contribution in [1.29, 1.82) is 0 Å². The number of rotatable bonds is 6. The number of methoxy groups -OCH3 is 1. The molecule has 38 heavy (non-hydrogen) atoms. The topological polar surface area (TPSA) is 82.8 Å². The van der Waals surface area contributed by atoms with Crippen LogP contribution in [0.15, 0.2) is 101 Å². The van der Waals surface area contributed by atoms with E-state index in [2.05, 4.69) is 10.1 Å². The van der Waals surface area contributed by atoms with Crippen molar-refractivity contribution in [2.75, 3.05) is 7.11 Å². The molecule has 8 heteroatoms. The summed E-state index contributed by atoms with van der Waals surface area (Å²) in [6.45, 7) is 1.94. The van der Waals surface area contributed by atoms with E-state index in [1.54, 1.807) is 72.8 Å². The van der Waals surface area contributed by atoms with Crippen LogP contribution in [0, 0.1) is 6.92 Å². The molecule has 0 fully saturated rings. The molecule has 0 aliphatic heterocycles. The summed E-state index contributed by atoms with van der Waals surface area (Å²) < 4.78 is 12.3. The van der Waals surface area contributed by atoms with Crippen LogP contribution < -0.4 is 15.0 Å². The third-order valence-corrected chi connectivity index (χ3v) is 6.11. The third-order valence-electron chi connectivity index (χ3n) is 5.86. The van der Waals surface area contributed by atoms with E-state index in [1.165, 1.54) is 18.0 Å². The average Bonchev–Trinajstić information content (AvgIpc) is 2.94. The minimum atomic E-state index is -0.494. The number of aromatic nitrogens is 2. The summed E-state index contributed by atoms with van der Waals surface area (Å²) in [6, 6.07) is 26.2. The summed E-state index contributed by atoms with van der Waals surface area (Å²) in [5, 5.41) is 5.48. The Hall–Kier alpha value is -4.75. The molecule has 5 aromatic rings. The van der Waals surface area contributed by atoms with Crippen LogP contribution in [-0.2, 0) is 0 Å². The number of ether oxygens (including phenoxy) is 2. The number of fused-ring (bicyclic) bond motifs is 1. The number of carbonyl (C=O) groups is 1. The highest BCUT2D eigenvalue weighted by Crippen LogP contribution is 2.29. The largest absolute Gasteiger partial charge is 0.493 e. The Labute approximate surface area is 223 Å². The van der Waals surface area contributed by atoms with Crippen LogP contribution >= 0.6 is 11.6 Å². The summed E-state index contributed by atoms with van der Waals surface area (Å²) in [5.74, 6) is 0.487. The summed E-state index contributed by atoms with van der Waals surface area (Å²) in [7, 11) is 1.48. The fraction of sp³-hybridized carbons (Fsp3) is 0.0667. The molecular weight excluding hydrogens is 502 g/mol. The van der Waals surface area contributed by atoms with Gasteiger partial charge in [0.25, 0.3) is 5.56 Å². The van der Waals surface area contributed by atoms with Gasteiger partial charge in [-0.25, -0.2) is 9.78 Å². The van der Waals surface area contributed by atoms with E-state index in [9.17, 15) is 9.59 Å². The van der Waals surface area contributed by atoms with Crippen molar-refractivity contribution >= 4 is 34.7 Å². The van der Waals surface area contributed by atoms with E-state index in [0.29, 0.717) is 44.2 Å². The molecule has 0 saturated heterocycles. The normalized spacial score (nSPS) is 11.1. The van der Waals surface area contributed by atoms with Gasteiger partial charge in [0.2, 0.25) is 0 Å². The van der Waals surface area contributed by atoms with E-state index in [0.717, 1.165) is 5.56 Å². The van der Waals surface area contributed by atoms with E-state index in [1.807, 2.05) is 25.1 Å². The van der Waals surface area contributed by atoms with Gasteiger partial charge in [-0.2, -0.15) is 9.78 Å². The van der Waals surface area contributed by atoms with E-state index in [4.69, 9.17) is 21.1 Å². The number of nitrogens with zero attached hydrogens (tertiary/aromatic N) is 3. The zero-order valence-electron chi connectivity index (χ0n) is 20.6. The van der Waals surface area contributed by atoms with Gasteiger partial charge in [0.1, 0.15) is 0 Å². The van der Waals surface area contributed by atoms with Gasteiger partial charge in [0, 0.05) is 10.6 Å². The Balaban J connectivity index is 1.50. The predicted octanol–water partition coefficient (Wildman–Crippen LogP) is 6.14. The molecular formula is C30H22ClN3O4. The minimum absolute atomic E-state index is 0.265. The predicted molar refractivity (Wildman–Crippen MR) is 149 cm³/mol. The number of esters is 1. The maximum absolute atomic E-state index is 13.4. The molecule has 0 atom stereocenters. The first kappa shape index (κ1) is 24.9. The number of carbonyl (C=O) groups excluding carboxylic acids is 1. The van der Waals surface area contributed by atoms with E-state index in [-0.39, 0.29) is 11.3 Å². The summed E-state index contributed by atoms with van der Waals surface area (Å²) in [6.07, 6.45) is 1.52. The van der Waals surface area contributed by atoms with Gasteiger partial charge in [0.15, 0.2) is 17.3 Å². The van der Waals surface area contributed by atoms with E-state index < -0.39 is 5.97 Å². The molecule has 0 bridgehead atoms. The lowest BCUT2D eigenvalue weighted by Crippen LogP contribution is -2.20. The third kappa shape index (κ3) is 5.19. The van der Waals surface area contributed by atoms with Gasteiger partial charge in [-0.1, -0.05) is 41.4 Å². The Morgan fingerprint density at radius 1 is 0.947 bits per heavy atom. The van der Waals surface area contributed by atoms with Gasteiger partial charge in [-0.3, -0.25) is 4.79 Å². The maximum atomic E-state index is 13.4. The first-order valence-corrected chi connectivity index (χ1v) is 12.1.